The van der Waals surface area contributed by atoms with E-state index in [2.05, 4.69) is 15.5 Å². The highest BCUT2D eigenvalue weighted by Gasteiger charge is 2.13. The molecule has 0 unspecified atom stereocenters. The zero-order valence-corrected chi connectivity index (χ0v) is 19.7. The average molecular weight is 462 g/mol. The Bertz CT molecular complexity index is 1380. The number of benzene rings is 2. The number of hydrogen-bond donors (Lipinski definition) is 1. The van der Waals surface area contributed by atoms with Crippen molar-refractivity contribution in [1.29, 1.82) is 0 Å². The monoisotopic (exact) mass is 461 g/mol. The first-order chi connectivity index (χ1) is 16.4. The molecule has 4 aromatic rings. The van der Waals surface area contributed by atoms with Crippen molar-refractivity contribution in [3.05, 3.63) is 76.1 Å². The van der Waals surface area contributed by atoms with Crippen LogP contribution in [0.5, 0.6) is 11.5 Å². The zero-order valence-electron chi connectivity index (χ0n) is 19.7. The number of amides is 1. The Labute approximate surface area is 197 Å². The van der Waals surface area contributed by atoms with E-state index in [-0.39, 0.29) is 23.5 Å². The predicted molar refractivity (Wildman–Crippen MR) is 129 cm³/mol. The summed E-state index contributed by atoms with van der Waals surface area (Å²) in [4.78, 5) is 25.4. The predicted octanol–water partition coefficient (Wildman–Crippen LogP) is 3.48. The van der Waals surface area contributed by atoms with Crippen molar-refractivity contribution in [3.63, 3.8) is 0 Å². The highest BCUT2D eigenvalue weighted by molar-refractivity contribution is 5.91. The van der Waals surface area contributed by atoms with Gasteiger partial charge in [0.1, 0.15) is 17.3 Å². The molecule has 176 valence electrons. The van der Waals surface area contributed by atoms with Crippen LogP contribution >= 0.6 is 0 Å². The molecular formula is C25H27N5O4. The van der Waals surface area contributed by atoms with Crippen LogP contribution in [0.1, 0.15) is 29.8 Å². The van der Waals surface area contributed by atoms with Gasteiger partial charge in [0.2, 0.25) is 11.6 Å². The minimum Gasteiger partial charge on any atom is -0.497 e. The molecule has 2 aromatic heterocycles. The van der Waals surface area contributed by atoms with Crippen molar-refractivity contribution in [2.24, 2.45) is 0 Å². The molecule has 4 rings (SSSR count). The molecule has 34 heavy (non-hydrogen) atoms. The molecule has 0 saturated carbocycles. The van der Waals surface area contributed by atoms with E-state index in [1.165, 1.54) is 0 Å². The maximum absolute atomic E-state index is 13.0. The molecule has 0 fully saturated rings. The second kappa shape index (κ2) is 9.78. The molecule has 9 nitrogen and oxygen atoms in total. The Morgan fingerprint density at radius 3 is 2.38 bits per heavy atom. The van der Waals surface area contributed by atoms with Crippen molar-refractivity contribution in [3.8, 4) is 17.2 Å². The summed E-state index contributed by atoms with van der Waals surface area (Å²) in [5.74, 6) is 1.68. The summed E-state index contributed by atoms with van der Waals surface area (Å²) in [6, 6.07) is 11.1. The lowest BCUT2D eigenvalue weighted by Crippen LogP contribution is -2.20. The molecule has 2 heterocycles. The number of ether oxygens (including phenoxy) is 2. The van der Waals surface area contributed by atoms with E-state index in [0.29, 0.717) is 35.9 Å². The Kier molecular flexibility index (Phi) is 6.62. The van der Waals surface area contributed by atoms with E-state index in [9.17, 15) is 9.59 Å². The van der Waals surface area contributed by atoms with Crippen LogP contribution in [0, 0.1) is 13.8 Å². The molecule has 0 spiro atoms. The summed E-state index contributed by atoms with van der Waals surface area (Å²) in [5.41, 5.74) is 3.67. The van der Waals surface area contributed by atoms with E-state index >= 15 is 0 Å². The number of nitrogens with zero attached hydrogens (tertiary/aromatic N) is 4. The van der Waals surface area contributed by atoms with Gasteiger partial charge in [0.15, 0.2) is 0 Å². The molecular weight excluding hydrogens is 434 g/mol. The van der Waals surface area contributed by atoms with Crippen LogP contribution in [0.2, 0.25) is 0 Å². The molecule has 9 heteroatoms. The summed E-state index contributed by atoms with van der Waals surface area (Å²) < 4.78 is 13.7. The van der Waals surface area contributed by atoms with Gasteiger partial charge < -0.3 is 14.8 Å². The standard InChI is InChI=1S/C25H27N5O4/c1-16-8-9-19(12-17(16)2)29-10-11-30-22(27-28-24(30)25(29)32)6-5-7-23(31)26-18-13-20(33-3)15-21(14-18)34-4/h8-15H,5-7H2,1-4H3,(H,26,31). The number of aromatic nitrogens is 4. The second-order valence-electron chi connectivity index (χ2n) is 8.05. The first-order valence-corrected chi connectivity index (χ1v) is 11.0. The number of hydrogen-bond acceptors (Lipinski definition) is 6. The lowest BCUT2D eigenvalue weighted by molar-refractivity contribution is -0.116. The second-order valence-corrected chi connectivity index (χ2v) is 8.05. The molecule has 0 atom stereocenters. The third-order valence-corrected chi connectivity index (χ3v) is 5.75. The zero-order chi connectivity index (χ0) is 24.2. The number of carbonyl (C=O) groups is 1. The minimum absolute atomic E-state index is 0.138. The Balaban J connectivity index is 1.43. The van der Waals surface area contributed by atoms with E-state index in [1.54, 1.807) is 53.8 Å². The van der Waals surface area contributed by atoms with Gasteiger partial charge in [-0.15, -0.1) is 10.2 Å². The summed E-state index contributed by atoms with van der Waals surface area (Å²) in [7, 11) is 3.11. The molecule has 1 N–H and O–H groups in total. The maximum atomic E-state index is 13.0. The molecule has 0 aliphatic rings. The number of anilines is 1. The lowest BCUT2D eigenvalue weighted by atomic mass is 10.1. The first-order valence-electron chi connectivity index (χ1n) is 11.0. The SMILES string of the molecule is COc1cc(NC(=O)CCCc2nnc3c(=O)n(-c4ccc(C)c(C)c4)ccn23)cc(OC)c1. The Morgan fingerprint density at radius 2 is 1.71 bits per heavy atom. The lowest BCUT2D eigenvalue weighted by Gasteiger charge is -2.10. The molecule has 0 saturated heterocycles. The highest BCUT2D eigenvalue weighted by Crippen LogP contribution is 2.26. The molecule has 0 bridgehead atoms. The Morgan fingerprint density at radius 1 is 0.971 bits per heavy atom. The Hall–Kier alpha value is -4.14. The van der Waals surface area contributed by atoms with E-state index in [4.69, 9.17) is 9.47 Å². The molecule has 1 amide bonds. The fourth-order valence-corrected chi connectivity index (χ4v) is 3.69. The van der Waals surface area contributed by atoms with Gasteiger partial charge in [-0.2, -0.15) is 0 Å². The van der Waals surface area contributed by atoms with Crippen molar-refractivity contribution < 1.29 is 14.3 Å². The van der Waals surface area contributed by atoms with Crippen LogP contribution in [-0.2, 0) is 11.2 Å². The summed E-state index contributed by atoms with van der Waals surface area (Å²) >= 11 is 0. The molecule has 0 aliphatic carbocycles. The van der Waals surface area contributed by atoms with Crippen LogP contribution in [-0.4, -0.2) is 39.3 Å². The number of carbonyl (C=O) groups excluding carboxylic acids is 1. The third-order valence-electron chi connectivity index (χ3n) is 5.75. The van der Waals surface area contributed by atoms with Gasteiger partial charge in [0, 0.05) is 54.8 Å². The number of fused-ring (bicyclic) bond motifs is 1. The average Bonchev–Trinajstić information content (AvgIpc) is 3.24. The van der Waals surface area contributed by atoms with E-state index in [1.807, 2.05) is 32.0 Å². The van der Waals surface area contributed by atoms with Gasteiger partial charge in [0.05, 0.1) is 14.2 Å². The van der Waals surface area contributed by atoms with Gasteiger partial charge in [-0.05, 0) is 43.5 Å². The fourth-order valence-electron chi connectivity index (χ4n) is 3.69. The van der Waals surface area contributed by atoms with Gasteiger partial charge in [-0.3, -0.25) is 18.6 Å². The molecule has 2 aromatic carbocycles. The highest BCUT2D eigenvalue weighted by atomic mass is 16.5. The van der Waals surface area contributed by atoms with Crippen LogP contribution < -0.4 is 20.3 Å². The number of methoxy groups -OCH3 is 2. The molecule has 0 radical (unpaired) electrons. The van der Waals surface area contributed by atoms with Crippen molar-refractivity contribution >= 4 is 17.2 Å². The summed E-state index contributed by atoms with van der Waals surface area (Å²) in [5, 5.41) is 11.1. The molecule has 0 aliphatic heterocycles. The largest absolute Gasteiger partial charge is 0.497 e. The summed E-state index contributed by atoms with van der Waals surface area (Å²) in [6.07, 6.45) is 4.84. The van der Waals surface area contributed by atoms with Crippen LogP contribution in [0.15, 0.2) is 53.6 Å². The number of nitrogens with one attached hydrogen (secondary N) is 1. The fraction of sp³-hybridized carbons (Fsp3) is 0.280. The first kappa shape index (κ1) is 23.0. The van der Waals surface area contributed by atoms with Gasteiger partial charge in [0.25, 0.3) is 0 Å². The smallest absolute Gasteiger partial charge is 0.300 e. The van der Waals surface area contributed by atoms with Crippen molar-refractivity contribution in [2.75, 3.05) is 19.5 Å². The third kappa shape index (κ3) is 4.78. The number of rotatable bonds is 8. The number of aryl methyl sites for hydroxylation is 3. The van der Waals surface area contributed by atoms with Crippen molar-refractivity contribution in [1.82, 2.24) is 19.2 Å². The quantitative estimate of drug-likeness (QED) is 0.431. The normalized spacial score (nSPS) is 10.9. The van der Waals surface area contributed by atoms with Crippen LogP contribution in [0.3, 0.4) is 0 Å². The van der Waals surface area contributed by atoms with E-state index < -0.39 is 0 Å². The minimum atomic E-state index is -0.241. The topological polar surface area (TPSA) is 99.8 Å². The van der Waals surface area contributed by atoms with Crippen molar-refractivity contribution in [2.45, 2.75) is 33.1 Å². The van der Waals surface area contributed by atoms with Crippen LogP contribution in [0.4, 0.5) is 5.69 Å². The van der Waals surface area contributed by atoms with Gasteiger partial charge >= 0.3 is 5.56 Å². The summed E-state index contributed by atoms with van der Waals surface area (Å²) in [6.45, 7) is 4.04. The van der Waals surface area contributed by atoms with Gasteiger partial charge in [-0.25, -0.2) is 0 Å². The maximum Gasteiger partial charge on any atom is 0.300 e. The van der Waals surface area contributed by atoms with Crippen LogP contribution in [0.25, 0.3) is 11.3 Å². The van der Waals surface area contributed by atoms with E-state index in [0.717, 1.165) is 16.8 Å². The van der Waals surface area contributed by atoms with Gasteiger partial charge in [-0.1, -0.05) is 6.07 Å².